The summed E-state index contributed by atoms with van der Waals surface area (Å²) >= 11 is 0. The molecule has 3 rings (SSSR count). The van der Waals surface area contributed by atoms with Gasteiger partial charge in [-0.05, 0) is 55.7 Å². The number of rotatable bonds is 3. The lowest BCUT2D eigenvalue weighted by molar-refractivity contribution is 0.0984. The monoisotopic (exact) mass is 296 g/mol. The van der Waals surface area contributed by atoms with Crippen LogP contribution in [0.15, 0.2) is 42.5 Å². The van der Waals surface area contributed by atoms with Crippen molar-refractivity contribution in [3.63, 3.8) is 0 Å². The molecule has 1 aliphatic heterocycles. The third-order valence-electron chi connectivity index (χ3n) is 3.92. The molecule has 0 spiro atoms. The van der Waals surface area contributed by atoms with E-state index in [1.165, 1.54) is 0 Å². The van der Waals surface area contributed by atoms with E-state index in [0.717, 1.165) is 35.5 Å². The number of hydrogen-bond donors (Lipinski definition) is 1. The van der Waals surface area contributed by atoms with Gasteiger partial charge in [0.05, 0.1) is 6.61 Å². The smallest absolute Gasteiger partial charge is 0.258 e. The minimum Gasteiger partial charge on any atom is -0.494 e. The summed E-state index contributed by atoms with van der Waals surface area (Å²) in [7, 11) is 0. The van der Waals surface area contributed by atoms with Crippen molar-refractivity contribution in [1.29, 1.82) is 0 Å². The number of nitrogens with two attached hydrogens (primary N) is 1. The molecule has 0 aromatic heterocycles. The first-order chi connectivity index (χ1) is 10.7. The Labute approximate surface area is 130 Å². The highest BCUT2D eigenvalue weighted by Gasteiger charge is 2.24. The minimum absolute atomic E-state index is 0.00639. The zero-order valence-electron chi connectivity index (χ0n) is 12.7. The van der Waals surface area contributed by atoms with Crippen LogP contribution >= 0.6 is 0 Å². The number of fused-ring (bicyclic) bond motifs is 1. The molecular formula is C18H20N2O2. The van der Waals surface area contributed by atoms with Crippen molar-refractivity contribution in [2.75, 3.05) is 23.8 Å². The number of carbonyl (C=O) groups is 1. The van der Waals surface area contributed by atoms with Gasteiger partial charge in [0.1, 0.15) is 5.75 Å². The predicted octanol–water partition coefficient (Wildman–Crippen LogP) is 3.26. The van der Waals surface area contributed by atoms with Gasteiger partial charge >= 0.3 is 0 Å². The third-order valence-corrected chi connectivity index (χ3v) is 3.92. The SMILES string of the molecule is CCOc1cccc(C(=O)N2CCCc3c(N)cccc32)c1. The first-order valence-electron chi connectivity index (χ1n) is 7.63. The molecule has 4 heteroatoms. The van der Waals surface area contributed by atoms with Gasteiger partial charge in [0, 0.05) is 23.5 Å². The quantitative estimate of drug-likeness (QED) is 0.884. The van der Waals surface area contributed by atoms with E-state index in [9.17, 15) is 4.79 Å². The first kappa shape index (κ1) is 14.4. The average molecular weight is 296 g/mol. The Morgan fingerprint density at radius 2 is 2.09 bits per heavy atom. The van der Waals surface area contributed by atoms with Crippen LogP contribution in [0, 0.1) is 0 Å². The summed E-state index contributed by atoms with van der Waals surface area (Å²) in [5.41, 5.74) is 9.45. The fourth-order valence-electron chi connectivity index (χ4n) is 2.90. The van der Waals surface area contributed by atoms with Crippen molar-refractivity contribution in [3.8, 4) is 5.75 Å². The largest absolute Gasteiger partial charge is 0.494 e. The second-order valence-corrected chi connectivity index (χ2v) is 5.37. The van der Waals surface area contributed by atoms with E-state index in [-0.39, 0.29) is 5.91 Å². The third kappa shape index (κ3) is 2.64. The molecule has 0 atom stereocenters. The number of amides is 1. The molecule has 0 aliphatic carbocycles. The lowest BCUT2D eigenvalue weighted by Gasteiger charge is -2.30. The van der Waals surface area contributed by atoms with E-state index in [4.69, 9.17) is 10.5 Å². The Balaban J connectivity index is 1.94. The van der Waals surface area contributed by atoms with Gasteiger partial charge in [-0.1, -0.05) is 12.1 Å². The van der Waals surface area contributed by atoms with Gasteiger partial charge in [-0.25, -0.2) is 0 Å². The van der Waals surface area contributed by atoms with Crippen molar-refractivity contribution >= 4 is 17.3 Å². The maximum Gasteiger partial charge on any atom is 0.258 e. The van der Waals surface area contributed by atoms with E-state index in [2.05, 4.69) is 0 Å². The van der Waals surface area contributed by atoms with Crippen LogP contribution in [0.25, 0.3) is 0 Å². The van der Waals surface area contributed by atoms with E-state index >= 15 is 0 Å². The second kappa shape index (κ2) is 6.10. The first-order valence-corrected chi connectivity index (χ1v) is 7.63. The van der Waals surface area contributed by atoms with Crippen molar-refractivity contribution in [3.05, 3.63) is 53.6 Å². The van der Waals surface area contributed by atoms with Crippen LogP contribution in [0.2, 0.25) is 0 Å². The van der Waals surface area contributed by atoms with Crippen LogP contribution in [-0.4, -0.2) is 19.1 Å². The summed E-state index contributed by atoms with van der Waals surface area (Å²) in [6, 6.07) is 13.1. The molecule has 0 fully saturated rings. The fraction of sp³-hybridized carbons (Fsp3) is 0.278. The zero-order valence-corrected chi connectivity index (χ0v) is 12.7. The molecule has 2 aromatic rings. The van der Waals surface area contributed by atoms with E-state index in [0.29, 0.717) is 18.7 Å². The standard InChI is InChI=1S/C18H20N2O2/c1-2-22-14-7-3-6-13(12-14)18(21)20-11-5-8-15-16(19)9-4-10-17(15)20/h3-4,6-7,9-10,12H,2,5,8,11,19H2,1H3. The van der Waals surface area contributed by atoms with Crippen LogP contribution in [0.3, 0.4) is 0 Å². The van der Waals surface area contributed by atoms with Crippen LogP contribution in [0.1, 0.15) is 29.3 Å². The van der Waals surface area contributed by atoms with Crippen LogP contribution < -0.4 is 15.4 Å². The average Bonchev–Trinajstić information content (AvgIpc) is 2.55. The summed E-state index contributed by atoms with van der Waals surface area (Å²) in [5.74, 6) is 0.714. The molecule has 2 N–H and O–H groups in total. The highest BCUT2D eigenvalue weighted by atomic mass is 16.5. The Morgan fingerprint density at radius 3 is 2.91 bits per heavy atom. The molecule has 1 amide bonds. The van der Waals surface area contributed by atoms with Gasteiger partial charge in [-0.3, -0.25) is 4.79 Å². The van der Waals surface area contributed by atoms with E-state index < -0.39 is 0 Å². The molecule has 22 heavy (non-hydrogen) atoms. The van der Waals surface area contributed by atoms with Gasteiger partial charge in [0.25, 0.3) is 5.91 Å². The second-order valence-electron chi connectivity index (χ2n) is 5.37. The summed E-state index contributed by atoms with van der Waals surface area (Å²) in [5, 5.41) is 0. The topological polar surface area (TPSA) is 55.6 Å². The summed E-state index contributed by atoms with van der Waals surface area (Å²) in [6.07, 6.45) is 1.85. The minimum atomic E-state index is -0.00639. The van der Waals surface area contributed by atoms with E-state index in [1.807, 2.05) is 48.2 Å². The van der Waals surface area contributed by atoms with Gasteiger partial charge in [-0.2, -0.15) is 0 Å². The number of nitrogen functional groups attached to an aromatic ring is 1. The molecule has 0 radical (unpaired) electrons. The van der Waals surface area contributed by atoms with Gasteiger partial charge in [0.15, 0.2) is 0 Å². The number of anilines is 2. The Bertz CT molecular complexity index is 697. The zero-order chi connectivity index (χ0) is 15.5. The summed E-state index contributed by atoms with van der Waals surface area (Å²) < 4.78 is 5.48. The highest BCUT2D eigenvalue weighted by Crippen LogP contribution is 2.32. The van der Waals surface area contributed by atoms with Crippen LogP contribution in [0.4, 0.5) is 11.4 Å². The maximum atomic E-state index is 12.9. The van der Waals surface area contributed by atoms with Gasteiger partial charge in [-0.15, -0.1) is 0 Å². The molecule has 0 saturated carbocycles. The van der Waals surface area contributed by atoms with Gasteiger partial charge in [0.2, 0.25) is 0 Å². The maximum absolute atomic E-state index is 12.9. The Kier molecular flexibility index (Phi) is 4.00. The number of carbonyl (C=O) groups excluding carboxylic acids is 1. The van der Waals surface area contributed by atoms with Gasteiger partial charge < -0.3 is 15.4 Å². The number of ether oxygens (including phenoxy) is 1. The molecule has 4 nitrogen and oxygen atoms in total. The molecule has 114 valence electrons. The summed E-state index contributed by atoms with van der Waals surface area (Å²) in [6.45, 7) is 3.23. The molecular weight excluding hydrogens is 276 g/mol. The Morgan fingerprint density at radius 1 is 1.27 bits per heavy atom. The lowest BCUT2D eigenvalue weighted by atomic mass is 9.99. The molecule has 2 aromatic carbocycles. The van der Waals surface area contributed by atoms with Crippen molar-refractivity contribution in [1.82, 2.24) is 0 Å². The highest BCUT2D eigenvalue weighted by molar-refractivity contribution is 6.07. The number of nitrogens with zero attached hydrogens (tertiary/aromatic N) is 1. The van der Waals surface area contributed by atoms with Crippen LogP contribution in [0.5, 0.6) is 5.75 Å². The Hall–Kier alpha value is -2.49. The van der Waals surface area contributed by atoms with Crippen molar-refractivity contribution < 1.29 is 9.53 Å². The number of hydrogen-bond acceptors (Lipinski definition) is 3. The molecule has 1 aliphatic rings. The molecule has 0 unspecified atom stereocenters. The van der Waals surface area contributed by atoms with E-state index in [1.54, 1.807) is 6.07 Å². The van der Waals surface area contributed by atoms with Crippen molar-refractivity contribution in [2.45, 2.75) is 19.8 Å². The van der Waals surface area contributed by atoms with Crippen LogP contribution in [-0.2, 0) is 6.42 Å². The predicted molar refractivity (Wildman–Crippen MR) is 88.5 cm³/mol. The fourth-order valence-corrected chi connectivity index (χ4v) is 2.90. The lowest BCUT2D eigenvalue weighted by Crippen LogP contribution is -2.35. The number of benzene rings is 2. The molecule has 0 saturated heterocycles. The van der Waals surface area contributed by atoms with Crippen molar-refractivity contribution in [2.24, 2.45) is 0 Å². The normalized spacial score (nSPS) is 13.6. The molecule has 1 heterocycles. The molecule has 0 bridgehead atoms. The summed E-state index contributed by atoms with van der Waals surface area (Å²) in [4.78, 5) is 14.7.